The molecule has 26 heavy (non-hydrogen) atoms. The molecular formula is C21H24N2O3. The van der Waals surface area contributed by atoms with Gasteiger partial charge in [0, 0.05) is 30.8 Å². The number of rotatable bonds is 6. The molecule has 1 saturated heterocycles. The standard InChI is InChI=1S/C21H24N2O3/c1-25-17-11-9-16(20(15-17)26-2)10-12-21(24)22-18-7-3-4-8-19(18)23-13-5-6-14-23/h3-4,7-12,15H,5-6,13-14H2,1-2H3,(H,22,24)/b12-10+. The number of nitrogens with one attached hydrogen (secondary N) is 1. The van der Waals surface area contributed by atoms with Gasteiger partial charge in [-0.3, -0.25) is 4.79 Å². The molecule has 0 spiro atoms. The molecule has 0 saturated carbocycles. The van der Waals surface area contributed by atoms with Gasteiger partial charge >= 0.3 is 0 Å². The maximum Gasteiger partial charge on any atom is 0.248 e. The maximum absolute atomic E-state index is 12.4. The average molecular weight is 352 g/mol. The molecule has 5 nitrogen and oxygen atoms in total. The summed E-state index contributed by atoms with van der Waals surface area (Å²) in [7, 11) is 3.20. The molecule has 2 aromatic rings. The lowest BCUT2D eigenvalue weighted by Crippen LogP contribution is -2.20. The third-order valence-corrected chi connectivity index (χ3v) is 4.46. The van der Waals surface area contributed by atoms with Crippen molar-refractivity contribution in [1.29, 1.82) is 0 Å². The Morgan fingerprint density at radius 3 is 2.58 bits per heavy atom. The minimum atomic E-state index is -0.172. The van der Waals surface area contributed by atoms with E-state index < -0.39 is 0 Å². The van der Waals surface area contributed by atoms with E-state index in [4.69, 9.17) is 9.47 Å². The number of anilines is 2. The van der Waals surface area contributed by atoms with Crippen molar-refractivity contribution in [2.24, 2.45) is 0 Å². The molecule has 0 aliphatic carbocycles. The molecule has 1 fully saturated rings. The molecule has 5 heteroatoms. The topological polar surface area (TPSA) is 50.8 Å². The summed E-state index contributed by atoms with van der Waals surface area (Å²) in [5, 5.41) is 2.98. The largest absolute Gasteiger partial charge is 0.497 e. The Hall–Kier alpha value is -2.95. The number of hydrogen-bond donors (Lipinski definition) is 1. The monoisotopic (exact) mass is 352 g/mol. The Balaban J connectivity index is 1.72. The summed E-state index contributed by atoms with van der Waals surface area (Å²) in [6.45, 7) is 2.07. The Labute approximate surface area is 154 Å². The van der Waals surface area contributed by atoms with E-state index in [2.05, 4.69) is 16.3 Å². The van der Waals surface area contributed by atoms with Crippen LogP contribution >= 0.6 is 0 Å². The van der Waals surface area contributed by atoms with E-state index in [-0.39, 0.29) is 5.91 Å². The van der Waals surface area contributed by atoms with Gasteiger partial charge in [-0.2, -0.15) is 0 Å². The van der Waals surface area contributed by atoms with Crippen LogP contribution in [-0.4, -0.2) is 33.2 Å². The molecule has 0 unspecified atom stereocenters. The van der Waals surface area contributed by atoms with Crippen LogP contribution < -0.4 is 19.7 Å². The number of para-hydroxylation sites is 2. The fourth-order valence-electron chi connectivity index (χ4n) is 3.11. The van der Waals surface area contributed by atoms with Crippen LogP contribution in [0.5, 0.6) is 11.5 Å². The van der Waals surface area contributed by atoms with Crippen LogP contribution in [0.25, 0.3) is 6.08 Å². The van der Waals surface area contributed by atoms with Gasteiger partial charge < -0.3 is 19.7 Å². The highest BCUT2D eigenvalue weighted by Crippen LogP contribution is 2.29. The summed E-state index contributed by atoms with van der Waals surface area (Å²) in [5.41, 5.74) is 2.73. The van der Waals surface area contributed by atoms with Gasteiger partial charge in [0.25, 0.3) is 0 Å². The highest BCUT2D eigenvalue weighted by atomic mass is 16.5. The third-order valence-electron chi connectivity index (χ3n) is 4.46. The van der Waals surface area contributed by atoms with Crippen molar-refractivity contribution in [1.82, 2.24) is 0 Å². The summed E-state index contributed by atoms with van der Waals surface area (Å²) < 4.78 is 10.5. The van der Waals surface area contributed by atoms with E-state index in [9.17, 15) is 4.79 Å². The van der Waals surface area contributed by atoms with Gasteiger partial charge in [0.1, 0.15) is 11.5 Å². The first kappa shape index (κ1) is 17.9. The van der Waals surface area contributed by atoms with Gasteiger partial charge in [0.05, 0.1) is 25.6 Å². The number of carbonyl (C=O) groups excluding carboxylic acids is 1. The lowest BCUT2D eigenvalue weighted by atomic mass is 10.1. The smallest absolute Gasteiger partial charge is 0.248 e. The number of ether oxygens (including phenoxy) is 2. The summed E-state index contributed by atoms with van der Waals surface area (Å²) in [6, 6.07) is 13.4. The first-order valence-corrected chi connectivity index (χ1v) is 8.76. The molecule has 1 N–H and O–H groups in total. The molecule has 136 valence electrons. The third kappa shape index (κ3) is 4.17. The van der Waals surface area contributed by atoms with E-state index in [0.717, 1.165) is 30.0 Å². The quantitative estimate of drug-likeness (QED) is 0.800. The normalized spacial score (nSPS) is 13.8. The van der Waals surface area contributed by atoms with E-state index in [1.165, 1.54) is 18.9 Å². The van der Waals surface area contributed by atoms with Crippen LogP contribution in [0.3, 0.4) is 0 Å². The zero-order chi connectivity index (χ0) is 18.4. The molecule has 1 amide bonds. The average Bonchev–Trinajstić information content (AvgIpc) is 3.21. The molecule has 1 aliphatic rings. The van der Waals surface area contributed by atoms with Gasteiger partial charge in [0.2, 0.25) is 5.91 Å². The SMILES string of the molecule is COc1ccc(/C=C/C(=O)Nc2ccccc2N2CCCC2)c(OC)c1. The van der Waals surface area contributed by atoms with Crippen molar-refractivity contribution >= 4 is 23.4 Å². The van der Waals surface area contributed by atoms with Crippen molar-refractivity contribution in [3.63, 3.8) is 0 Å². The minimum absolute atomic E-state index is 0.172. The predicted octanol–water partition coefficient (Wildman–Crippen LogP) is 3.96. The zero-order valence-corrected chi connectivity index (χ0v) is 15.2. The lowest BCUT2D eigenvalue weighted by molar-refractivity contribution is -0.111. The fraction of sp³-hybridized carbons (Fsp3) is 0.286. The molecule has 0 aromatic heterocycles. The van der Waals surface area contributed by atoms with Crippen molar-refractivity contribution in [3.05, 3.63) is 54.1 Å². The predicted molar refractivity (Wildman–Crippen MR) is 105 cm³/mol. The number of hydrogen-bond acceptors (Lipinski definition) is 4. The van der Waals surface area contributed by atoms with Crippen LogP contribution in [0.1, 0.15) is 18.4 Å². The number of amides is 1. The molecule has 0 atom stereocenters. The number of benzene rings is 2. The first-order chi connectivity index (χ1) is 12.7. The lowest BCUT2D eigenvalue weighted by Gasteiger charge is -2.21. The Bertz CT molecular complexity index is 796. The Kier molecular flexibility index (Phi) is 5.79. The minimum Gasteiger partial charge on any atom is -0.497 e. The van der Waals surface area contributed by atoms with E-state index in [1.807, 2.05) is 30.3 Å². The summed E-state index contributed by atoms with van der Waals surface area (Å²) in [5.74, 6) is 1.20. The molecule has 0 bridgehead atoms. The van der Waals surface area contributed by atoms with Crippen LogP contribution in [0.4, 0.5) is 11.4 Å². The fourth-order valence-corrected chi connectivity index (χ4v) is 3.11. The highest BCUT2D eigenvalue weighted by Gasteiger charge is 2.16. The second-order valence-electron chi connectivity index (χ2n) is 6.14. The van der Waals surface area contributed by atoms with Gasteiger partial charge in [-0.25, -0.2) is 0 Å². The Morgan fingerprint density at radius 1 is 1.08 bits per heavy atom. The van der Waals surface area contributed by atoms with Crippen molar-refractivity contribution < 1.29 is 14.3 Å². The Morgan fingerprint density at radius 2 is 1.85 bits per heavy atom. The van der Waals surface area contributed by atoms with Gasteiger partial charge in [-0.05, 0) is 43.2 Å². The van der Waals surface area contributed by atoms with Crippen molar-refractivity contribution in [3.8, 4) is 11.5 Å². The zero-order valence-electron chi connectivity index (χ0n) is 15.2. The molecular weight excluding hydrogens is 328 g/mol. The van der Waals surface area contributed by atoms with Crippen LogP contribution in [0.2, 0.25) is 0 Å². The summed E-state index contributed by atoms with van der Waals surface area (Å²) in [4.78, 5) is 14.7. The van der Waals surface area contributed by atoms with E-state index in [0.29, 0.717) is 11.5 Å². The molecule has 1 heterocycles. The van der Waals surface area contributed by atoms with Crippen LogP contribution in [-0.2, 0) is 4.79 Å². The van der Waals surface area contributed by atoms with Crippen LogP contribution in [0, 0.1) is 0 Å². The maximum atomic E-state index is 12.4. The van der Waals surface area contributed by atoms with Crippen LogP contribution in [0.15, 0.2) is 48.5 Å². The second kappa shape index (κ2) is 8.43. The molecule has 0 radical (unpaired) electrons. The van der Waals surface area contributed by atoms with Gasteiger partial charge in [-0.1, -0.05) is 12.1 Å². The van der Waals surface area contributed by atoms with E-state index >= 15 is 0 Å². The number of nitrogens with zero attached hydrogens (tertiary/aromatic N) is 1. The highest BCUT2D eigenvalue weighted by molar-refractivity contribution is 6.04. The number of carbonyl (C=O) groups is 1. The van der Waals surface area contributed by atoms with Crippen molar-refractivity contribution in [2.75, 3.05) is 37.5 Å². The second-order valence-corrected chi connectivity index (χ2v) is 6.14. The summed E-state index contributed by atoms with van der Waals surface area (Å²) >= 11 is 0. The number of methoxy groups -OCH3 is 2. The molecule has 3 rings (SSSR count). The van der Waals surface area contributed by atoms with Gasteiger partial charge in [-0.15, -0.1) is 0 Å². The van der Waals surface area contributed by atoms with Crippen molar-refractivity contribution in [2.45, 2.75) is 12.8 Å². The first-order valence-electron chi connectivity index (χ1n) is 8.76. The van der Waals surface area contributed by atoms with E-state index in [1.54, 1.807) is 26.4 Å². The van der Waals surface area contributed by atoms with Gasteiger partial charge in [0.15, 0.2) is 0 Å². The molecule has 1 aliphatic heterocycles. The summed E-state index contributed by atoms with van der Waals surface area (Å²) in [6.07, 6.45) is 5.65. The molecule has 2 aromatic carbocycles.